The van der Waals surface area contributed by atoms with E-state index in [1.54, 1.807) is 24.3 Å². The molecule has 1 amide bonds. The Balaban J connectivity index is 2.30. The summed E-state index contributed by atoms with van der Waals surface area (Å²) < 4.78 is 17.6. The summed E-state index contributed by atoms with van der Waals surface area (Å²) >= 11 is 2.19. The molecular weight excluding hydrogens is 509 g/mol. The van der Waals surface area contributed by atoms with Crippen LogP contribution in [0.2, 0.25) is 0 Å². The molecule has 0 heterocycles. The molecule has 31 heavy (non-hydrogen) atoms. The highest BCUT2D eigenvalue weighted by Gasteiger charge is 2.18. The zero-order valence-corrected chi connectivity index (χ0v) is 20.8. The summed E-state index contributed by atoms with van der Waals surface area (Å²) in [6, 6.07) is 10.3. The average molecular weight is 539 g/mol. The highest BCUT2D eigenvalue weighted by Crippen LogP contribution is 2.30. The van der Waals surface area contributed by atoms with Crippen LogP contribution < -0.4 is 14.8 Å². The Bertz CT molecular complexity index is 913. The van der Waals surface area contributed by atoms with Crippen molar-refractivity contribution in [3.05, 3.63) is 51.1 Å². The standard InChI is InChI=1S/C24H30INO5/c1-6-16(4)31-22-13-17(24(28)29-5)7-10-20(22)26-23(27)19-9-8-18(25)14-21(19)30-12-11-15(2)3/h7-10,13-16H,6,11-12H2,1-5H3,(H,26,27). The zero-order valence-electron chi connectivity index (χ0n) is 18.7. The number of ether oxygens (including phenoxy) is 3. The fourth-order valence-corrected chi connectivity index (χ4v) is 3.13. The van der Waals surface area contributed by atoms with Crippen molar-refractivity contribution in [3.8, 4) is 11.5 Å². The van der Waals surface area contributed by atoms with Crippen molar-refractivity contribution in [1.82, 2.24) is 0 Å². The normalized spacial score (nSPS) is 11.7. The molecule has 1 N–H and O–H groups in total. The number of halogens is 1. The van der Waals surface area contributed by atoms with E-state index in [0.29, 0.717) is 40.8 Å². The lowest BCUT2D eigenvalue weighted by molar-refractivity contribution is 0.0600. The van der Waals surface area contributed by atoms with Gasteiger partial charge in [0.1, 0.15) is 11.5 Å². The molecule has 2 rings (SSSR count). The maximum Gasteiger partial charge on any atom is 0.337 e. The van der Waals surface area contributed by atoms with Crippen LogP contribution in [0, 0.1) is 9.49 Å². The second-order valence-corrected chi connectivity index (χ2v) is 8.91. The van der Waals surface area contributed by atoms with E-state index in [-0.39, 0.29) is 12.0 Å². The van der Waals surface area contributed by atoms with Crippen molar-refractivity contribution in [2.24, 2.45) is 5.92 Å². The Morgan fingerprint density at radius 3 is 2.45 bits per heavy atom. The lowest BCUT2D eigenvalue weighted by Crippen LogP contribution is -2.17. The Kier molecular flexibility index (Phi) is 9.61. The van der Waals surface area contributed by atoms with Gasteiger partial charge >= 0.3 is 5.97 Å². The van der Waals surface area contributed by atoms with E-state index in [1.807, 2.05) is 26.0 Å². The Morgan fingerprint density at radius 1 is 1.06 bits per heavy atom. The van der Waals surface area contributed by atoms with Gasteiger partial charge in [0.25, 0.3) is 5.91 Å². The van der Waals surface area contributed by atoms with E-state index in [0.717, 1.165) is 16.4 Å². The van der Waals surface area contributed by atoms with E-state index < -0.39 is 5.97 Å². The second kappa shape index (κ2) is 11.9. The van der Waals surface area contributed by atoms with Gasteiger partial charge in [-0.1, -0.05) is 20.8 Å². The van der Waals surface area contributed by atoms with Gasteiger partial charge in [0, 0.05) is 3.57 Å². The number of methoxy groups -OCH3 is 1. The topological polar surface area (TPSA) is 73.9 Å². The fourth-order valence-electron chi connectivity index (χ4n) is 2.67. The molecule has 0 aliphatic rings. The van der Waals surface area contributed by atoms with Crippen molar-refractivity contribution in [2.45, 2.75) is 46.6 Å². The van der Waals surface area contributed by atoms with Crippen molar-refractivity contribution < 1.29 is 23.8 Å². The van der Waals surface area contributed by atoms with Crippen molar-refractivity contribution in [2.75, 3.05) is 19.0 Å². The van der Waals surface area contributed by atoms with Crippen molar-refractivity contribution in [3.63, 3.8) is 0 Å². The SMILES string of the molecule is CCC(C)Oc1cc(C(=O)OC)ccc1NC(=O)c1ccc(I)cc1OCCC(C)C. The number of anilines is 1. The van der Waals surface area contributed by atoms with Gasteiger partial charge in [0.15, 0.2) is 0 Å². The van der Waals surface area contributed by atoms with Gasteiger partial charge in [0.2, 0.25) is 0 Å². The second-order valence-electron chi connectivity index (χ2n) is 7.66. The first-order valence-corrected chi connectivity index (χ1v) is 11.5. The lowest BCUT2D eigenvalue weighted by atomic mass is 10.1. The fraction of sp³-hybridized carbons (Fsp3) is 0.417. The van der Waals surface area contributed by atoms with E-state index in [1.165, 1.54) is 7.11 Å². The number of hydrogen-bond donors (Lipinski definition) is 1. The molecule has 7 heteroatoms. The van der Waals surface area contributed by atoms with Crippen molar-refractivity contribution >= 4 is 40.2 Å². The third-order valence-corrected chi connectivity index (χ3v) is 5.37. The van der Waals surface area contributed by atoms with Crippen LogP contribution in [0.4, 0.5) is 5.69 Å². The van der Waals surface area contributed by atoms with Crippen LogP contribution in [-0.2, 0) is 4.74 Å². The van der Waals surface area contributed by atoms with E-state index in [2.05, 4.69) is 41.8 Å². The van der Waals surface area contributed by atoms with Crippen LogP contribution in [0.5, 0.6) is 11.5 Å². The number of hydrogen-bond acceptors (Lipinski definition) is 5. The van der Waals surface area contributed by atoms with Crippen LogP contribution >= 0.6 is 22.6 Å². The first-order valence-electron chi connectivity index (χ1n) is 10.4. The summed E-state index contributed by atoms with van der Waals surface area (Å²) in [4.78, 5) is 25.0. The van der Waals surface area contributed by atoms with Crippen LogP contribution in [0.1, 0.15) is 61.3 Å². The summed E-state index contributed by atoms with van der Waals surface area (Å²) in [5, 5.41) is 2.90. The number of nitrogens with one attached hydrogen (secondary N) is 1. The van der Waals surface area contributed by atoms with Gasteiger partial charge in [0.05, 0.1) is 36.6 Å². The molecule has 0 aliphatic heterocycles. The minimum Gasteiger partial charge on any atom is -0.493 e. The van der Waals surface area contributed by atoms with Gasteiger partial charge in [-0.25, -0.2) is 4.79 Å². The number of carbonyl (C=O) groups is 2. The number of benzene rings is 2. The van der Waals surface area contributed by atoms with Gasteiger partial charge in [-0.2, -0.15) is 0 Å². The zero-order chi connectivity index (χ0) is 23.0. The molecule has 0 aromatic heterocycles. The molecule has 168 valence electrons. The van der Waals surface area contributed by atoms with Gasteiger partial charge in [-0.3, -0.25) is 4.79 Å². The first-order chi connectivity index (χ1) is 14.7. The van der Waals surface area contributed by atoms with E-state index in [4.69, 9.17) is 14.2 Å². The molecule has 0 aliphatic carbocycles. The summed E-state index contributed by atoms with van der Waals surface area (Å²) in [6.07, 6.45) is 1.59. The van der Waals surface area contributed by atoms with Crippen LogP contribution in [0.15, 0.2) is 36.4 Å². The molecule has 0 fully saturated rings. The molecule has 0 saturated heterocycles. The molecular formula is C24H30INO5. The van der Waals surface area contributed by atoms with Crippen LogP contribution in [0.3, 0.4) is 0 Å². The van der Waals surface area contributed by atoms with Gasteiger partial charge in [-0.05, 0) is 84.7 Å². The molecule has 0 radical (unpaired) electrons. The lowest BCUT2D eigenvalue weighted by Gasteiger charge is -2.18. The molecule has 1 unspecified atom stereocenters. The number of rotatable bonds is 10. The highest BCUT2D eigenvalue weighted by molar-refractivity contribution is 14.1. The molecule has 2 aromatic carbocycles. The van der Waals surface area contributed by atoms with E-state index in [9.17, 15) is 9.59 Å². The molecule has 0 saturated carbocycles. The first kappa shape index (κ1) is 25.0. The quantitative estimate of drug-likeness (QED) is 0.299. The molecule has 1 atom stereocenters. The number of carbonyl (C=O) groups excluding carboxylic acids is 2. The summed E-state index contributed by atoms with van der Waals surface area (Å²) in [7, 11) is 1.32. The Hall–Kier alpha value is -2.29. The highest BCUT2D eigenvalue weighted by atomic mass is 127. The third kappa shape index (κ3) is 7.41. The maximum absolute atomic E-state index is 13.1. The predicted octanol–water partition coefficient (Wildman–Crippen LogP) is 5.93. The molecule has 2 aromatic rings. The number of amides is 1. The number of esters is 1. The van der Waals surface area contributed by atoms with Crippen LogP contribution in [-0.4, -0.2) is 31.7 Å². The minimum absolute atomic E-state index is 0.0863. The minimum atomic E-state index is -0.467. The van der Waals surface area contributed by atoms with Gasteiger partial charge < -0.3 is 19.5 Å². The third-order valence-electron chi connectivity index (χ3n) is 4.70. The van der Waals surface area contributed by atoms with Crippen molar-refractivity contribution in [1.29, 1.82) is 0 Å². The summed E-state index contributed by atoms with van der Waals surface area (Å²) in [5.41, 5.74) is 1.27. The maximum atomic E-state index is 13.1. The Labute approximate surface area is 197 Å². The molecule has 0 spiro atoms. The monoisotopic (exact) mass is 539 g/mol. The Morgan fingerprint density at radius 2 is 1.81 bits per heavy atom. The van der Waals surface area contributed by atoms with Gasteiger partial charge in [-0.15, -0.1) is 0 Å². The largest absolute Gasteiger partial charge is 0.493 e. The van der Waals surface area contributed by atoms with Crippen LogP contribution in [0.25, 0.3) is 0 Å². The smallest absolute Gasteiger partial charge is 0.337 e. The molecule has 0 bridgehead atoms. The summed E-state index contributed by atoms with van der Waals surface area (Å²) in [5.74, 6) is 0.689. The van der Waals surface area contributed by atoms with E-state index >= 15 is 0 Å². The summed E-state index contributed by atoms with van der Waals surface area (Å²) in [6.45, 7) is 8.72. The average Bonchev–Trinajstić information content (AvgIpc) is 2.73. The predicted molar refractivity (Wildman–Crippen MR) is 130 cm³/mol. The molecule has 6 nitrogen and oxygen atoms in total.